The van der Waals surface area contributed by atoms with Crippen LogP contribution in [-0.2, 0) is 0 Å². The van der Waals surface area contributed by atoms with E-state index in [0.29, 0.717) is 6.42 Å². The Morgan fingerprint density at radius 2 is 2.27 bits per heavy atom. The molecule has 0 heterocycles. The van der Waals surface area contributed by atoms with Crippen LogP contribution < -0.4 is 0 Å². The molecule has 0 radical (unpaired) electrons. The van der Waals surface area contributed by atoms with E-state index in [1.165, 1.54) is 0 Å². The lowest BCUT2D eigenvalue weighted by molar-refractivity contribution is -0.119. The van der Waals surface area contributed by atoms with Crippen LogP contribution in [0.2, 0.25) is 0 Å². The molecule has 1 saturated carbocycles. The minimum Gasteiger partial charge on any atom is -0.384 e. The molecule has 1 N–H and O–H groups in total. The fraction of sp³-hybridized carbons (Fsp3) is 1.00. The van der Waals surface area contributed by atoms with E-state index >= 15 is 0 Å². The maximum Gasteiger partial charge on any atom is 0.267 e. The zero-order valence-corrected chi connectivity index (χ0v) is 6.69. The maximum absolute atomic E-state index is 12.3. The number of rotatable bonds is 2. The third kappa shape index (κ3) is 1.39. The van der Waals surface area contributed by atoms with Gasteiger partial charge in [0, 0.05) is 0 Å². The summed E-state index contributed by atoms with van der Waals surface area (Å²) in [5, 5.41) is 9.48. The molecule has 0 aromatic heterocycles. The molecule has 1 nitrogen and oxygen atoms in total. The molecule has 1 rings (SSSR count). The zero-order valence-electron chi connectivity index (χ0n) is 6.69. The largest absolute Gasteiger partial charge is 0.384 e. The van der Waals surface area contributed by atoms with Crippen molar-refractivity contribution in [2.75, 3.05) is 0 Å². The van der Waals surface area contributed by atoms with Gasteiger partial charge >= 0.3 is 0 Å². The van der Waals surface area contributed by atoms with Crippen LogP contribution in [0.15, 0.2) is 0 Å². The van der Waals surface area contributed by atoms with E-state index in [9.17, 15) is 13.9 Å². The molecule has 11 heavy (non-hydrogen) atoms. The minimum atomic E-state index is -2.57. The fourth-order valence-electron chi connectivity index (χ4n) is 1.93. The topological polar surface area (TPSA) is 20.2 Å². The molecule has 0 aromatic carbocycles. The maximum atomic E-state index is 12.3. The van der Waals surface area contributed by atoms with Gasteiger partial charge in [-0.15, -0.1) is 0 Å². The second-order valence-corrected chi connectivity index (χ2v) is 3.29. The lowest BCUT2D eigenvalue weighted by Gasteiger charge is -2.28. The molecule has 0 saturated heterocycles. The van der Waals surface area contributed by atoms with E-state index in [2.05, 4.69) is 0 Å². The average molecular weight is 164 g/mol. The summed E-state index contributed by atoms with van der Waals surface area (Å²) in [4.78, 5) is 0. The first-order chi connectivity index (χ1) is 5.11. The predicted molar refractivity (Wildman–Crippen MR) is 38.6 cm³/mol. The van der Waals surface area contributed by atoms with E-state index in [-0.39, 0.29) is 12.3 Å². The van der Waals surface area contributed by atoms with E-state index in [1.54, 1.807) is 0 Å². The van der Waals surface area contributed by atoms with Crippen molar-refractivity contribution in [3.05, 3.63) is 0 Å². The third-order valence-electron chi connectivity index (χ3n) is 2.71. The molecular weight excluding hydrogens is 150 g/mol. The number of halogens is 2. The molecule has 66 valence electrons. The van der Waals surface area contributed by atoms with Crippen molar-refractivity contribution in [1.82, 2.24) is 0 Å². The highest BCUT2D eigenvalue weighted by Crippen LogP contribution is 2.41. The first kappa shape index (κ1) is 8.91. The standard InChI is InChI=1S/C8H14F2O/c1-2-6-4-3-5-8(6,11)7(9)10/h6-7,11H,2-5H2,1H3. The second kappa shape index (κ2) is 3.05. The summed E-state index contributed by atoms with van der Waals surface area (Å²) in [6, 6.07) is 0. The van der Waals surface area contributed by atoms with Crippen LogP contribution in [0, 0.1) is 5.92 Å². The van der Waals surface area contributed by atoms with Gasteiger partial charge in [-0.2, -0.15) is 0 Å². The summed E-state index contributed by atoms with van der Waals surface area (Å²) >= 11 is 0. The molecule has 2 atom stereocenters. The molecule has 0 aliphatic heterocycles. The first-order valence-electron chi connectivity index (χ1n) is 4.11. The Bertz CT molecular complexity index is 138. The van der Waals surface area contributed by atoms with Crippen molar-refractivity contribution in [1.29, 1.82) is 0 Å². The van der Waals surface area contributed by atoms with Crippen molar-refractivity contribution >= 4 is 0 Å². The van der Waals surface area contributed by atoms with Gasteiger partial charge in [0.15, 0.2) is 0 Å². The Kier molecular flexibility index (Phi) is 2.47. The van der Waals surface area contributed by atoms with E-state index in [0.717, 1.165) is 12.8 Å². The zero-order chi connectivity index (χ0) is 8.48. The highest BCUT2D eigenvalue weighted by molar-refractivity contribution is 4.93. The minimum absolute atomic E-state index is 0.192. The van der Waals surface area contributed by atoms with Gasteiger partial charge in [0.1, 0.15) is 5.60 Å². The lowest BCUT2D eigenvalue weighted by atomic mass is 9.89. The summed E-state index contributed by atoms with van der Waals surface area (Å²) in [6.07, 6.45) is -0.171. The summed E-state index contributed by atoms with van der Waals surface area (Å²) in [5.41, 5.74) is -1.67. The Hall–Kier alpha value is -0.180. The van der Waals surface area contributed by atoms with Crippen molar-refractivity contribution in [2.45, 2.75) is 44.6 Å². The van der Waals surface area contributed by atoms with Crippen LogP contribution in [-0.4, -0.2) is 17.1 Å². The van der Waals surface area contributed by atoms with E-state index < -0.39 is 12.0 Å². The molecule has 1 aliphatic carbocycles. The number of alkyl halides is 2. The van der Waals surface area contributed by atoms with Gasteiger partial charge in [0.25, 0.3) is 6.43 Å². The molecule has 1 fully saturated rings. The number of aliphatic hydroxyl groups is 1. The van der Waals surface area contributed by atoms with Gasteiger partial charge in [-0.3, -0.25) is 0 Å². The Morgan fingerprint density at radius 3 is 2.64 bits per heavy atom. The fourth-order valence-corrected chi connectivity index (χ4v) is 1.93. The monoisotopic (exact) mass is 164 g/mol. The van der Waals surface area contributed by atoms with Crippen molar-refractivity contribution in [3.63, 3.8) is 0 Å². The van der Waals surface area contributed by atoms with Crippen LogP contribution in [0.3, 0.4) is 0 Å². The lowest BCUT2D eigenvalue weighted by Crippen LogP contribution is -2.40. The van der Waals surface area contributed by atoms with Crippen molar-refractivity contribution < 1.29 is 13.9 Å². The van der Waals surface area contributed by atoms with Crippen LogP contribution in [0.25, 0.3) is 0 Å². The Balaban J connectivity index is 2.67. The van der Waals surface area contributed by atoms with E-state index in [4.69, 9.17) is 0 Å². The molecule has 0 aromatic rings. The first-order valence-corrected chi connectivity index (χ1v) is 4.11. The smallest absolute Gasteiger partial charge is 0.267 e. The van der Waals surface area contributed by atoms with Crippen molar-refractivity contribution in [2.24, 2.45) is 5.92 Å². The molecule has 2 unspecified atom stereocenters. The quantitative estimate of drug-likeness (QED) is 0.663. The van der Waals surface area contributed by atoms with Crippen LogP contribution in [0.5, 0.6) is 0 Å². The van der Waals surface area contributed by atoms with Gasteiger partial charge in [-0.05, 0) is 25.2 Å². The third-order valence-corrected chi connectivity index (χ3v) is 2.71. The summed E-state index contributed by atoms with van der Waals surface area (Å²) < 4.78 is 24.6. The SMILES string of the molecule is CCC1CCCC1(O)C(F)F. The normalized spacial score (nSPS) is 38.5. The molecule has 0 bridgehead atoms. The van der Waals surface area contributed by atoms with Crippen molar-refractivity contribution in [3.8, 4) is 0 Å². The molecular formula is C8H14F2O. The van der Waals surface area contributed by atoms with Gasteiger partial charge in [-0.25, -0.2) is 8.78 Å². The molecule has 1 aliphatic rings. The Morgan fingerprint density at radius 1 is 1.64 bits per heavy atom. The average Bonchev–Trinajstić information content (AvgIpc) is 2.32. The highest BCUT2D eigenvalue weighted by Gasteiger charge is 2.47. The van der Waals surface area contributed by atoms with Gasteiger partial charge in [0.2, 0.25) is 0 Å². The summed E-state index contributed by atoms with van der Waals surface area (Å²) in [5.74, 6) is -0.192. The second-order valence-electron chi connectivity index (χ2n) is 3.29. The summed E-state index contributed by atoms with van der Waals surface area (Å²) in [7, 11) is 0. The van der Waals surface area contributed by atoms with Gasteiger partial charge in [0.05, 0.1) is 0 Å². The highest BCUT2D eigenvalue weighted by atomic mass is 19.3. The van der Waals surface area contributed by atoms with Gasteiger partial charge < -0.3 is 5.11 Å². The summed E-state index contributed by atoms with van der Waals surface area (Å²) in [6.45, 7) is 1.85. The van der Waals surface area contributed by atoms with Crippen LogP contribution in [0.4, 0.5) is 8.78 Å². The van der Waals surface area contributed by atoms with Crippen LogP contribution in [0.1, 0.15) is 32.6 Å². The van der Waals surface area contributed by atoms with E-state index in [1.807, 2.05) is 6.92 Å². The van der Waals surface area contributed by atoms with Crippen LogP contribution >= 0.6 is 0 Å². The Labute approximate surface area is 65.4 Å². The number of hydrogen-bond acceptors (Lipinski definition) is 1. The molecule has 3 heteroatoms. The number of hydrogen-bond donors (Lipinski definition) is 1. The predicted octanol–water partition coefficient (Wildman–Crippen LogP) is 2.19. The molecule has 0 spiro atoms. The molecule has 0 amide bonds. The van der Waals surface area contributed by atoms with Gasteiger partial charge in [-0.1, -0.05) is 13.3 Å².